The van der Waals surface area contributed by atoms with Gasteiger partial charge in [0.05, 0.1) is 0 Å². The standard InChI is InChI=1S/C10H21NO/c1-3-4-5-6-7-9(2)8-10(11)12/h9H,3-8H2,1-2H3,(H2,11,12). The Morgan fingerprint density at radius 1 is 1.33 bits per heavy atom. The lowest BCUT2D eigenvalue weighted by Gasteiger charge is -2.07. The maximum atomic E-state index is 10.5. The number of hydrogen-bond donors (Lipinski definition) is 1. The monoisotopic (exact) mass is 171 g/mol. The number of rotatable bonds is 7. The third kappa shape index (κ3) is 7.58. The van der Waals surface area contributed by atoms with Gasteiger partial charge in [-0.15, -0.1) is 0 Å². The molecule has 0 heterocycles. The Bertz CT molecular complexity index is 123. The van der Waals surface area contributed by atoms with Gasteiger partial charge < -0.3 is 5.73 Å². The first-order chi connectivity index (χ1) is 5.66. The molecule has 0 aromatic carbocycles. The SMILES string of the molecule is CCCCCCC(C)CC(N)=O. The van der Waals surface area contributed by atoms with Crippen molar-refractivity contribution in [1.82, 2.24) is 0 Å². The van der Waals surface area contributed by atoms with Crippen molar-refractivity contribution in [2.24, 2.45) is 11.7 Å². The van der Waals surface area contributed by atoms with Crippen molar-refractivity contribution in [1.29, 1.82) is 0 Å². The van der Waals surface area contributed by atoms with Crippen LogP contribution in [0.25, 0.3) is 0 Å². The quantitative estimate of drug-likeness (QED) is 0.587. The normalized spacial score (nSPS) is 12.8. The summed E-state index contributed by atoms with van der Waals surface area (Å²) in [5.74, 6) is 0.303. The Hall–Kier alpha value is -0.530. The van der Waals surface area contributed by atoms with Gasteiger partial charge in [0.15, 0.2) is 0 Å². The van der Waals surface area contributed by atoms with Crippen LogP contribution in [0.5, 0.6) is 0 Å². The second-order valence-electron chi connectivity index (χ2n) is 3.62. The molecule has 0 aliphatic heterocycles. The summed E-state index contributed by atoms with van der Waals surface area (Å²) < 4.78 is 0. The summed E-state index contributed by atoms with van der Waals surface area (Å²) in [5.41, 5.74) is 5.08. The number of primary amides is 1. The van der Waals surface area contributed by atoms with Gasteiger partial charge in [0.1, 0.15) is 0 Å². The molecular formula is C10H21NO. The predicted octanol–water partition coefficient (Wildman–Crippen LogP) is 2.47. The van der Waals surface area contributed by atoms with E-state index in [0.717, 1.165) is 6.42 Å². The molecule has 0 aromatic rings. The molecule has 72 valence electrons. The summed E-state index contributed by atoms with van der Waals surface area (Å²) >= 11 is 0. The Morgan fingerprint density at radius 3 is 2.50 bits per heavy atom. The number of hydrogen-bond acceptors (Lipinski definition) is 1. The Kier molecular flexibility index (Phi) is 6.82. The van der Waals surface area contributed by atoms with E-state index in [1.807, 2.05) is 0 Å². The van der Waals surface area contributed by atoms with E-state index >= 15 is 0 Å². The first-order valence-corrected chi connectivity index (χ1v) is 4.95. The molecule has 1 atom stereocenters. The number of carbonyl (C=O) groups is 1. The molecule has 0 aliphatic rings. The zero-order valence-electron chi connectivity index (χ0n) is 8.31. The van der Waals surface area contributed by atoms with Crippen molar-refractivity contribution in [2.75, 3.05) is 0 Å². The minimum Gasteiger partial charge on any atom is -0.370 e. The summed E-state index contributed by atoms with van der Waals surface area (Å²) in [6, 6.07) is 0. The van der Waals surface area contributed by atoms with Gasteiger partial charge in [-0.05, 0) is 5.92 Å². The van der Waals surface area contributed by atoms with E-state index in [4.69, 9.17) is 5.73 Å². The van der Waals surface area contributed by atoms with Gasteiger partial charge in [-0.3, -0.25) is 4.79 Å². The van der Waals surface area contributed by atoms with Crippen LogP contribution in [0, 0.1) is 5.92 Å². The highest BCUT2D eigenvalue weighted by molar-refractivity contribution is 5.73. The highest BCUT2D eigenvalue weighted by Crippen LogP contribution is 2.12. The Morgan fingerprint density at radius 2 is 2.00 bits per heavy atom. The van der Waals surface area contributed by atoms with Gasteiger partial charge in [0, 0.05) is 6.42 Å². The summed E-state index contributed by atoms with van der Waals surface area (Å²) in [7, 11) is 0. The van der Waals surface area contributed by atoms with E-state index in [0.29, 0.717) is 12.3 Å². The molecule has 2 N–H and O–H groups in total. The fraction of sp³-hybridized carbons (Fsp3) is 0.900. The molecule has 0 aliphatic carbocycles. The lowest BCUT2D eigenvalue weighted by atomic mass is 9.99. The van der Waals surface area contributed by atoms with Crippen LogP contribution in [-0.4, -0.2) is 5.91 Å². The van der Waals surface area contributed by atoms with Crippen molar-refractivity contribution >= 4 is 5.91 Å². The largest absolute Gasteiger partial charge is 0.370 e. The van der Waals surface area contributed by atoms with E-state index < -0.39 is 0 Å². The van der Waals surface area contributed by atoms with Crippen LogP contribution in [0.4, 0.5) is 0 Å². The van der Waals surface area contributed by atoms with Crippen LogP contribution in [0.2, 0.25) is 0 Å². The van der Waals surface area contributed by atoms with Crippen LogP contribution in [-0.2, 0) is 4.79 Å². The van der Waals surface area contributed by atoms with Crippen LogP contribution in [0.3, 0.4) is 0 Å². The van der Waals surface area contributed by atoms with Gasteiger partial charge in [-0.25, -0.2) is 0 Å². The van der Waals surface area contributed by atoms with Gasteiger partial charge >= 0.3 is 0 Å². The average molecular weight is 171 g/mol. The van der Waals surface area contributed by atoms with Crippen molar-refractivity contribution in [3.8, 4) is 0 Å². The summed E-state index contributed by atoms with van der Waals surface area (Å²) in [4.78, 5) is 10.5. The van der Waals surface area contributed by atoms with Crippen molar-refractivity contribution < 1.29 is 4.79 Å². The molecule has 0 fully saturated rings. The maximum Gasteiger partial charge on any atom is 0.217 e. The number of nitrogens with two attached hydrogens (primary N) is 1. The van der Waals surface area contributed by atoms with Crippen molar-refractivity contribution in [3.05, 3.63) is 0 Å². The van der Waals surface area contributed by atoms with Crippen molar-refractivity contribution in [3.63, 3.8) is 0 Å². The van der Waals surface area contributed by atoms with Crippen molar-refractivity contribution in [2.45, 2.75) is 52.4 Å². The van der Waals surface area contributed by atoms with Crippen LogP contribution in [0.1, 0.15) is 52.4 Å². The fourth-order valence-electron chi connectivity index (χ4n) is 1.37. The van der Waals surface area contributed by atoms with E-state index in [9.17, 15) is 4.79 Å². The third-order valence-electron chi connectivity index (χ3n) is 2.10. The van der Waals surface area contributed by atoms with Crippen LogP contribution < -0.4 is 5.73 Å². The van der Waals surface area contributed by atoms with Gasteiger partial charge in [0.2, 0.25) is 5.91 Å². The molecule has 0 saturated carbocycles. The molecule has 0 radical (unpaired) electrons. The lowest BCUT2D eigenvalue weighted by molar-refractivity contribution is -0.118. The molecule has 12 heavy (non-hydrogen) atoms. The molecule has 1 amide bonds. The van der Waals surface area contributed by atoms with Crippen LogP contribution in [0.15, 0.2) is 0 Å². The molecule has 0 bridgehead atoms. The molecule has 0 spiro atoms. The van der Waals surface area contributed by atoms with E-state index in [1.165, 1.54) is 25.7 Å². The second kappa shape index (κ2) is 7.14. The average Bonchev–Trinajstić information content (AvgIpc) is 1.97. The molecule has 2 heteroatoms. The first-order valence-electron chi connectivity index (χ1n) is 4.95. The minimum atomic E-state index is -0.169. The summed E-state index contributed by atoms with van der Waals surface area (Å²) in [6.45, 7) is 4.30. The van der Waals surface area contributed by atoms with Gasteiger partial charge in [-0.1, -0.05) is 46.0 Å². The molecule has 2 nitrogen and oxygen atoms in total. The van der Waals surface area contributed by atoms with Gasteiger partial charge in [-0.2, -0.15) is 0 Å². The number of amides is 1. The van der Waals surface area contributed by atoms with E-state index in [1.54, 1.807) is 0 Å². The fourth-order valence-corrected chi connectivity index (χ4v) is 1.37. The zero-order chi connectivity index (χ0) is 9.40. The smallest absolute Gasteiger partial charge is 0.217 e. The molecule has 0 rings (SSSR count). The first kappa shape index (κ1) is 11.5. The highest BCUT2D eigenvalue weighted by Gasteiger charge is 2.04. The Balaban J connectivity index is 3.19. The van der Waals surface area contributed by atoms with Gasteiger partial charge in [0.25, 0.3) is 0 Å². The lowest BCUT2D eigenvalue weighted by Crippen LogP contribution is -2.14. The maximum absolute atomic E-state index is 10.5. The highest BCUT2D eigenvalue weighted by atomic mass is 16.1. The second-order valence-corrected chi connectivity index (χ2v) is 3.62. The summed E-state index contributed by atoms with van der Waals surface area (Å²) in [5, 5.41) is 0. The van der Waals surface area contributed by atoms with Crippen LogP contribution >= 0.6 is 0 Å². The Labute approximate surface area is 75.5 Å². The number of carbonyl (C=O) groups excluding carboxylic acids is 1. The molecule has 0 saturated heterocycles. The zero-order valence-corrected chi connectivity index (χ0v) is 8.31. The third-order valence-corrected chi connectivity index (χ3v) is 2.10. The minimum absolute atomic E-state index is 0.169. The molecule has 0 aromatic heterocycles. The van der Waals surface area contributed by atoms with E-state index in [2.05, 4.69) is 13.8 Å². The van der Waals surface area contributed by atoms with E-state index in [-0.39, 0.29) is 5.91 Å². The topological polar surface area (TPSA) is 43.1 Å². The number of unbranched alkanes of at least 4 members (excludes halogenated alkanes) is 3. The molecule has 1 unspecified atom stereocenters. The molecular weight excluding hydrogens is 150 g/mol. The summed E-state index contributed by atoms with van der Waals surface area (Å²) in [6.07, 6.45) is 6.80. The predicted molar refractivity (Wildman–Crippen MR) is 51.7 cm³/mol.